The van der Waals surface area contributed by atoms with Gasteiger partial charge in [-0.1, -0.05) is 0 Å². The number of aryl methyl sites for hydroxylation is 2. The first kappa shape index (κ1) is 13.9. The molecule has 0 atom stereocenters. The molecule has 0 saturated carbocycles. The van der Waals surface area contributed by atoms with Gasteiger partial charge in [-0.05, 0) is 20.8 Å². The van der Waals surface area contributed by atoms with Crippen LogP contribution in [0.25, 0.3) is 11.2 Å². The normalized spacial score (nSPS) is 11.2. The van der Waals surface area contributed by atoms with E-state index in [1.165, 1.54) is 0 Å². The van der Waals surface area contributed by atoms with Crippen molar-refractivity contribution in [2.24, 2.45) is 0 Å². The first-order valence-corrected chi connectivity index (χ1v) is 6.79. The third-order valence-electron chi connectivity index (χ3n) is 2.89. The Morgan fingerprint density at radius 2 is 2.16 bits per heavy atom. The highest BCUT2D eigenvalue weighted by Crippen LogP contribution is 2.21. The third-order valence-corrected chi connectivity index (χ3v) is 3.13. The van der Waals surface area contributed by atoms with Gasteiger partial charge in [0.1, 0.15) is 17.9 Å². The fraction of sp³-hybridized carbons (Fsp3) is 0.583. The van der Waals surface area contributed by atoms with Gasteiger partial charge < -0.3 is 9.30 Å². The number of imidazole rings is 1. The van der Waals surface area contributed by atoms with Crippen LogP contribution >= 0.6 is 11.6 Å². The number of carbonyl (C=O) groups is 1. The molecule has 2 rings (SSSR count). The summed E-state index contributed by atoms with van der Waals surface area (Å²) in [5.74, 6) is 0.610. The fourth-order valence-electron chi connectivity index (χ4n) is 2.09. The third kappa shape index (κ3) is 2.45. The van der Waals surface area contributed by atoms with Crippen molar-refractivity contribution in [1.82, 2.24) is 19.3 Å². The van der Waals surface area contributed by atoms with E-state index in [4.69, 9.17) is 16.3 Å². The molecule has 0 amide bonds. The number of nitrogens with zero attached hydrogens (tertiary/aromatic N) is 4. The molecule has 104 valence electrons. The highest BCUT2D eigenvalue weighted by Gasteiger charge is 2.19. The van der Waals surface area contributed by atoms with Gasteiger partial charge in [-0.3, -0.25) is 4.79 Å². The number of hydrogen-bond donors (Lipinski definition) is 0. The number of rotatable bonds is 5. The number of fused-ring (bicyclic) bond motifs is 1. The van der Waals surface area contributed by atoms with E-state index in [-0.39, 0.29) is 18.4 Å². The summed E-state index contributed by atoms with van der Waals surface area (Å²) in [7, 11) is 0. The summed E-state index contributed by atoms with van der Waals surface area (Å²) in [6.45, 7) is 6.85. The molecule has 6 nitrogen and oxygen atoms in total. The van der Waals surface area contributed by atoms with Gasteiger partial charge in [-0.2, -0.15) is 5.10 Å². The van der Waals surface area contributed by atoms with Gasteiger partial charge in [-0.15, -0.1) is 11.6 Å². The van der Waals surface area contributed by atoms with Gasteiger partial charge >= 0.3 is 5.97 Å². The van der Waals surface area contributed by atoms with Gasteiger partial charge in [0.15, 0.2) is 5.65 Å². The first-order valence-electron chi connectivity index (χ1n) is 6.26. The minimum absolute atomic E-state index is 0.109. The lowest BCUT2D eigenvalue weighted by Gasteiger charge is -2.08. The molecule has 0 saturated heterocycles. The van der Waals surface area contributed by atoms with Crippen LogP contribution in [0, 0.1) is 6.92 Å². The molecule has 7 heteroatoms. The molecule has 0 aromatic carbocycles. The Hall–Kier alpha value is -1.56. The van der Waals surface area contributed by atoms with Crippen molar-refractivity contribution in [3.05, 3.63) is 11.5 Å². The second-order valence-electron chi connectivity index (χ2n) is 4.13. The molecule has 0 aliphatic heterocycles. The number of hydrogen-bond acceptors (Lipinski definition) is 4. The minimum atomic E-state index is -0.297. The highest BCUT2D eigenvalue weighted by atomic mass is 35.5. The highest BCUT2D eigenvalue weighted by molar-refractivity contribution is 6.16. The Balaban J connectivity index is 2.52. The zero-order valence-electron chi connectivity index (χ0n) is 11.3. The molecule has 2 aromatic rings. The molecule has 0 spiro atoms. The predicted octanol–water partition coefficient (Wildman–Crippen LogP) is 1.86. The van der Waals surface area contributed by atoms with Gasteiger partial charge in [0, 0.05) is 6.54 Å². The maximum atomic E-state index is 11.7. The molecule has 2 heterocycles. The lowest BCUT2D eigenvalue weighted by molar-refractivity contribution is -0.143. The molecular formula is C12H17ClN4O2. The molecule has 0 N–H and O–H groups in total. The SMILES string of the molecule is CCOC(=O)Cn1c(CCl)nc2c(C)nn(CC)c21. The van der Waals surface area contributed by atoms with Gasteiger partial charge in [0.25, 0.3) is 0 Å². The van der Waals surface area contributed by atoms with Crippen molar-refractivity contribution in [2.45, 2.75) is 39.7 Å². The van der Waals surface area contributed by atoms with Crippen LogP contribution in [0.15, 0.2) is 0 Å². The summed E-state index contributed by atoms with van der Waals surface area (Å²) in [5.41, 5.74) is 2.45. The number of halogens is 1. The van der Waals surface area contributed by atoms with Crippen LogP contribution < -0.4 is 0 Å². The lowest BCUT2D eigenvalue weighted by Crippen LogP contribution is -2.17. The Labute approximate surface area is 116 Å². The van der Waals surface area contributed by atoms with Crippen LogP contribution in [0.5, 0.6) is 0 Å². The Morgan fingerprint density at radius 1 is 1.42 bits per heavy atom. The van der Waals surface area contributed by atoms with E-state index in [1.807, 2.05) is 18.5 Å². The fourth-order valence-corrected chi connectivity index (χ4v) is 2.30. The smallest absolute Gasteiger partial charge is 0.326 e. The van der Waals surface area contributed by atoms with Crippen molar-refractivity contribution in [3.8, 4) is 0 Å². The van der Waals surface area contributed by atoms with Crippen molar-refractivity contribution < 1.29 is 9.53 Å². The van der Waals surface area contributed by atoms with E-state index >= 15 is 0 Å². The largest absolute Gasteiger partial charge is 0.465 e. The molecule has 0 bridgehead atoms. The summed E-state index contributed by atoms with van der Waals surface area (Å²) in [6, 6.07) is 0. The molecule has 0 radical (unpaired) electrons. The zero-order valence-corrected chi connectivity index (χ0v) is 12.1. The maximum absolute atomic E-state index is 11.7. The quantitative estimate of drug-likeness (QED) is 0.621. The van der Waals surface area contributed by atoms with E-state index in [2.05, 4.69) is 10.1 Å². The standard InChI is InChI=1S/C12H17ClN4O2/c1-4-17-12-11(8(3)15-17)14-9(6-13)16(12)7-10(18)19-5-2/h4-7H2,1-3H3. The molecule has 2 aromatic heterocycles. The first-order chi connectivity index (χ1) is 9.12. The summed E-state index contributed by atoms with van der Waals surface area (Å²) in [5, 5.41) is 4.40. The van der Waals surface area contributed by atoms with E-state index in [1.54, 1.807) is 11.5 Å². The zero-order chi connectivity index (χ0) is 14.0. The number of aromatic nitrogens is 4. The van der Waals surface area contributed by atoms with Crippen LogP contribution in [0.2, 0.25) is 0 Å². The van der Waals surface area contributed by atoms with Crippen LogP contribution in [-0.2, 0) is 28.5 Å². The summed E-state index contributed by atoms with van der Waals surface area (Å²) in [6.07, 6.45) is 0. The van der Waals surface area contributed by atoms with Crippen molar-refractivity contribution in [2.75, 3.05) is 6.61 Å². The average molecular weight is 285 g/mol. The van der Waals surface area contributed by atoms with Crippen LogP contribution in [0.3, 0.4) is 0 Å². The molecule has 19 heavy (non-hydrogen) atoms. The van der Waals surface area contributed by atoms with Crippen molar-refractivity contribution >= 4 is 28.7 Å². The van der Waals surface area contributed by atoms with Gasteiger partial charge in [-0.25, -0.2) is 9.67 Å². The number of esters is 1. The minimum Gasteiger partial charge on any atom is -0.465 e. The summed E-state index contributed by atoms with van der Waals surface area (Å²) < 4.78 is 8.59. The Morgan fingerprint density at radius 3 is 2.74 bits per heavy atom. The number of alkyl halides is 1. The number of ether oxygens (including phenoxy) is 1. The maximum Gasteiger partial charge on any atom is 0.326 e. The van der Waals surface area contributed by atoms with Crippen LogP contribution in [0.1, 0.15) is 25.4 Å². The number of carbonyl (C=O) groups excluding carboxylic acids is 1. The van der Waals surface area contributed by atoms with E-state index in [0.717, 1.165) is 16.9 Å². The van der Waals surface area contributed by atoms with E-state index < -0.39 is 0 Å². The van der Waals surface area contributed by atoms with Crippen molar-refractivity contribution in [1.29, 1.82) is 0 Å². The van der Waals surface area contributed by atoms with E-state index in [9.17, 15) is 4.79 Å². The molecule has 0 unspecified atom stereocenters. The van der Waals surface area contributed by atoms with Crippen LogP contribution in [-0.4, -0.2) is 31.9 Å². The second kappa shape index (κ2) is 5.61. The molecular weight excluding hydrogens is 268 g/mol. The summed E-state index contributed by atoms with van der Waals surface area (Å²) >= 11 is 5.90. The van der Waals surface area contributed by atoms with Gasteiger partial charge in [0.05, 0.1) is 18.2 Å². The van der Waals surface area contributed by atoms with Crippen LogP contribution in [0.4, 0.5) is 0 Å². The summed E-state index contributed by atoms with van der Waals surface area (Å²) in [4.78, 5) is 16.1. The Bertz CT molecular complexity index is 602. The molecule has 0 aliphatic rings. The van der Waals surface area contributed by atoms with Crippen molar-refractivity contribution in [3.63, 3.8) is 0 Å². The predicted molar refractivity (Wildman–Crippen MR) is 72.1 cm³/mol. The van der Waals surface area contributed by atoms with E-state index in [0.29, 0.717) is 19.0 Å². The molecule has 0 aliphatic carbocycles. The second-order valence-corrected chi connectivity index (χ2v) is 4.39. The average Bonchev–Trinajstić information content (AvgIpc) is 2.89. The topological polar surface area (TPSA) is 61.9 Å². The monoisotopic (exact) mass is 284 g/mol. The Kier molecular flexibility index (Phi) is 4.09. The lowest BCUT2D eigenvalue weighted by atomic mass is 10.4. The molecule has 0 fully saturated rings. The van der Waals surface area contributed by atoms with Gasteiger partial charge in [0.2, 0.25) is 0 Å².